The summed E-state index contributed by atoms with van der Waals surface area (Å²) in [6.45, 7) is 2.08. The highest BCUT2D eigenvalue weighted by atomic mass is 16.6. The molecular weight excluding hydrogens is 262 g/mol. The SMILES string of the molecule is COc1ccc(C(=O)NCC2COCCO2)c(OC)c1. The van der Waals surface area contributed by atoms with Gasteiger partial charge in [0.1, 0.15) is 11.5 Å². The minimum atomic E-state index is -0.210. The topological polar surface area (TPSA) is 66.0 Å². The highest BCUT2D eigenvalue weighted by Gasteiger charge is 2.18. The quantitative estimate of drug-likeness (QED) is 0.866. The molecule has 6 heteroatoms. The summed E-state index contributed by atoms with van der Waals surface area (Å²) in [5.74, 6) is 0.906. The molecular formula is C14H19NO5. The van der Waals surface area contributed by atoms with Gasteiger partial charge in [-0.2, -0.15) is 0 Å². The van der Waals surface area contributed by atoms with Crippen LogP contribution in [0.4, 0.5) is 0 Å². The Morgan fingerprint density at radius 1 is 1.35 bits per heavy atom. The molecule has 0 bridgehead atoms. The zero-order valence-electron chi connectivity index (χ0n) is 11.7. The number of nitrogens with one attached hydrogen (secondary N) is 1. The number of hydrogen-bond acceptors (Lipinski definition) is 5. The predicted octanol–water partition coefficient (Wildman–Crippen LogP) is 0.849. The fourth-order valence-corrected chi connectivity index (χ4v) is 1.94. The van der Waals surface area contributed by atoms with E-state index in [0.29, 0.717) is 43.4 Å². The van der Waals surface area contributed by atoms with Gasteiger partial charge in [0, 0.05) is 12.6 Å². The second-order valence-electron chi connectivity index (χ2n) is 4.34. The van der Waals surface area contributed by atoms with E-state index in [0.717, 1.165) is 0 Å². The maximum atomic E-state index is 12.1. The number of hydrogen-bond donors (Lipinski definition) is 1. The first kappa shape index (κ1) is 14.6. The molecule has 1 fully saturated rings. The van der Waals surface area contributed by atoms with Crippen molar-refractivity contribution >= 4 is 5.91 Å². The lowest BCUT2D eigenvalue weighted by Crippen LogP contribution is -2.39. The molecule has 6 nitrogen and oxygen atoms in total. The summed E-state index contributed by atoms with van der Waals surface area (Å²) in [4.78, 5) is 12.1. The van der Waals surface area contributed by atoms with Gasteiger partial charge in [-0.15, -0.1) is 0 Å². The van der Waals surface area contributed by atoms with Crippen molar-refractivity contribution in [1.82, 2.24) is 5.32 Å². The Kier molecular flexibility index (Phi) is 5.20. The van der Waals surface area contributed by atoms with Gasteiger partial charge < -0.3 is 24.3 Å². The fraction of sp³-hybridized carbons (Fsp3) is 0.500. The van der Waals surface area contributed by atoms with E-state index in [4.69, 9.17) is 18.9 Å². The summed E-state index contributed by atoms with van der Waals surface area (Å²) < 4.78 is 21.0. The van der Waals surface area contributed by atoms with Crippen LogP contribution in [0.2, 0.25) is 0 Å². The van der Waals surface area contributed by atoms with Crippen molar-refractivity contribution in [3.8, 4) is 11.5 Å². The number of ether oxygens (including phenoxy) is 4. The van der Waals surface area contributed by atoms with Gasteiger partial charge in [0.05, 0.1) is 45.7 Å². The molecule has 1 aromatic rings. The van der Waals surface area contributed by atoms with Crippen molar-refractivity contribution in [3.63, 3.8) is 0 Å². The Balaban J connectivity index is 1.97. The number of methoxy groups -OCH3 is 2. The van der Waals surface area contributed by atoms with Gasteiger partial charge in [-0.05, 0) is 12.1 Å². The van der Waals surface area contributed by atoms with Crippen molar-refractivity contribution in [3.05, 3.63) is 23.8 Å². The van der Waals surface area contributed by atoms with E-state index in [9.17, 15) is 4.79 Å². The first-order valence-electron chi connectivity index (χ1n) is 6.44. The van der Waals surface area contributed by atoms with E-state index < -0.39 is 0 Å². The highest BCUT2D eigenvalue weighted by molar-refractivity contribution is 5.97. The summed E-state index contributed by atoms with van der Waals surface area (Å²) in [5, 5.41) is 2.82. The average molecular weight is 281 g/mol. The standard InChI is InChI=1S/C14H19NO5/c1-17-10-3-4-12(13(7-10)18-2)14(16)15-8-11-9-19-5-6-20-11/h3-4,7,11H,5-6,8-9H2,1-2H3,(H,15,16). The van der Waals surface area contributed by atoms with Crippen molar-refractivity contribution in [1.29, 1.82) is 0 Å². The molecule has 1 aliphatic rings. The first-order chi connectivity index (χ1) is 9.74. The van der Waals surface area contributed by atoms with Crippen LogP contribution in [0, 0.1) is 0 Å². The molecule has 0 radical (unpaired) electrons. The molecule has 20 heavy (non-hydrogen) atoms. The van der Waals surface area contributed by atoms with Crippen molar-refractivity contribution < 1.29 is 23.7 Å². The van der Waals surface area contributed by atoms with Gasteiger partial charge in [-0.3, -0.25) is 4.79 Å². The monoisotopic (exact) mass is 281 g/mol. The summed E-state index contributed by atoms with van der Waals surface area (Å²) in [7, 11) is 3.08. The third-order valence-electron chi connectivity index (χ3n) is 3.03. The molecule has 1 heterocycles. The zero-order valence-corrected chi connectivity index (χ0v) is 11.7. The van der Waals surface area contributed by atoms with E-state index in [-0.39, 0.29) is 12.0 Å². The van der Waals surface area contributed by atoms with Crippen LogP contribution in [0.15, 0.2) is 18.2 Å². The van der Waals surface area contributed by atoms with Crippen LogP contribution in [0.1, 0.15) is 10.4 Å². The van der Waals surface area contributed by atoms with Gasteiger partial charge in [-0.1, -0.05) is 0 Å². The zero-order chi connectivity index (χ0) is 14.4. The first-order valence-corrected chi connectivity index (χ1v) is 6.44. The van der Waals surface area contributed by atoms with E-state index in [1.54, 1.807) is 25.3 Å². The van der Waals surface area contributed by atoms with E-state index >= 15 is 0 Å². The lowest BCUT2D eigenvalue weighted by molar-refractivity contribution is -0.0855. The highest BCUT2D eigenvalue weighted by Crippen LogP contribution is 2.24. The third kappa shape index (κ3) is 3.61. The molecule has 0 aromatic heterocycles. The van der Waals surface area contributed by atoms with Gasteiger partial charge in [0.25, 0.3) is 5.91 Å². The van der Waals surface area contributed by atoms with E-state index in [1.807, 2.05) is 0 Å². The van der Waals surface area contributed by atoms with Gasteiger partial charge in [0.2, 0.25) is 0 Å². The molecule has 1 aromatic carbocycles. The largest absolute Gasteiger partial charge is 0.497 e. The predicted molar refractivity (Wildman–Crippen MR) is 72.4 cm³/mol. The second-order valence-corrected chi connectivity index (χ2v) is 4.34. The molecule has 0 spiro atoms. The lowest BCUT2D eigenvalue weighted by Gasteiger charge is -2.23. The molecule has 1 amide bonds. The van der Waals surface area contributed by atoms with Crippen LogP contribution in [0.5, 0.6) is 11.5 Å². The normalized spacial score (nSPS) is 18.4. The molecule has 1 unspecified atom stereocenters. The summed E-state index contributed by atoms with van der Waals surface area (Å²) in [5.41, 5.74) is 0.463. The average Bonchev–Trinajstić information content (AvgIpc) is 2.52. The summed E-state index contributed by atoms with van der Waals surface area (Å²) >= 11 is 0. The number of carbonyl (C=O) groups excluding carboxylic acids is 1. The van der Waals surface area contributed by atoms with Crippen molar-refractivity contribution in [2.75, 3.05) is 40.6 Å². The lowest BCUT2D eigenvalue weighted by atomic mass is 10.1. The van der Waals surface area contributed by atoms with Crippen LogP contribution in [-0.2, 0) is 9.47 Å². The number of amides is 1. The minimum Gasteiger partial charge on any atom is -0.497 e. The Hall–Kier alpha value is -1.79. The molecule has 1 saturated heterocycles. The maximum Gasteiger partial charge on any atom is 0.255 e. The second kappa shape index (κ2) is 7.12. The summed E-state index contributed by atoms with van der Waals surface area (Å²) in [6, 6.07) is 5.07. The van der Waals surface area contributed by atoms with Crippen LogP contribution in [0.25, 0.3) is 0 Å². The molecule has 2 rings (SSSR count). The van der Waals surface area contributed by atoms with Gasteiger partial charge in [0.15, 0.2) is 0 Å². The van der Waals surface area contributed by atoms with Crippen molar-refractivity contribution in [2.45, 2.75) is 6.10 Å². The van der Waals surface area contributed by atoms with Crippen molar-refractivity contribution in [2.24, 2.45) is 0 Å². The Morgan fingerprint density at radius 2 is 2.20 bits per heavy atom. The maximum absolute atomic E-state index is 12.1. The van der Waals surface area contributed by atoms with Crippen LogP contribution in [0.3, 0.4) is 0 Å². The molecule has 0 aliphatic carbocycles. The number of rotatable bonds is 5. The number of benzene rings is 1. The Bertz CT molecular complexity index is 457. The molecule has 1 N–H and O–H groups in total. The van der Waals surface area contributed by atoms with Gasteiger partial charge in [-0.25, -0.2) is 0 Å². The Labute approximate surface area is 118 Å². The third-order valence-corrected chi connectivity index (χ3v) is 3.03. The molecule has 1 atom stereocenters. The number of carbonyl (C=O) groups is 1. The molecule has 0 saturated carbocycles. The minimum absolute atomic E-state index is 0.100. The smallest absolute Gasteiger partial charge is 0.255 e. The van der Waals surface area contributed by atoms with Gasteiger partial charge >= 0.3 is 0 Å². The fourth-order valence-electron chi connectivity index (χ4n) is 1.94. The molecule has 110 valence electrons. The van der Waals surface area contributed by atoms with Crippen LogP contribution >= 0.6 is 0 Å². The van der Waals surface area contributed by atoms with E-state index in [2.05, 4.69) is 5.32 Å². The summed E-state index contributed by atoms with van der Waals surface area (Å²) in [6.07, 6.45) is -0.100. The van der Waals surface area contributed by atoms with E-state index in [1.165, 1.54) is 7.11 Å². The van der Waals surface area contributed by atoms with Crippen LogP contribution in [-0.4, -0.2) is 52.6 Å². The Morgan fingerprint density at radius 3 is 2.85 bits per heavy atom. The molecule has 1 aliphatic heterocycles. The van der Waals surface area contributed by atoms with Crippen LogP contribution < -0.4 is 14.8 Å².